The van der Waals surface area contributed by atoms with Crippen molar-refractivity contribution in [2.45, 2.75) is 245 Å². The Kier molecular flexibility index (Phi) is 46.8. The van der Waals surface area contributed by atoms with Crippen molar-refractivity contribution in [3.63, 3.8) is 0 Å². The predicted molar refractivity (Wildman–Crippen MR) is 273 cm³/mol. The molecule has 0 aromatic rings. The lowest BCUT2D eigenvalue weighted by molar-refractivity contribution is -0.870. The summed E-state index contributed by atoms with van der Waals surface area (Å²) < 4.78 is 34.8. The SMILES string of the molecule is CC/C=C\C/C=C\C/C=C\C/C=C\CCCCCCCCCCC(=O)OC(COCCCCCCCCCCCCCCCCCCCCCCC)COP(=O)([O-])OCC[N+](C)(C)C. The fourth-order valence-electron chi connectivity index (χ4n) is 7.54. The lowest BCUT2D eigenvalue weighted by atomic mass is 10.0. The van der Waals surface area contributed by atoms with E-state index in [2.05, 4.69) is 62.5 Å². The van der Waals surface area contributed by atoms with Crippen molar-refractivity contribution in [1.29, 1.82) is 0 Å². The quantitative estimate of drug-likeness (QED) is 0.0197. The number of rotatable bonds is 50. The lowest BCUT2D eigenvalue weighted by Crippen LogP contribution is -2.37. The van der Waals surface area contributed by atoms with Crippen LogP contribution in [0.25, 0.3) is 0 Å². The number of carbonyl (C=O) groups excluding carboxylic acids is 1. The van der Waals surface area contributed by atoms with E-state index < -0.39 is 13.9 Å². The number of nitrogens with zero attached hydrogens (tertiary/aromatic N) is 1. The Hall–Kier alpha value is -1.54. The van der Waals surface area contributed by atoms with Crippen LogP contribution < -0.4 is 4.89 Å². The van der Waals surface area contributed by atoms with E-state index in [9.17, 15) is 14.3 Å². The number of ether oxygens (including phenoxy) is 2. The van der Waals surface area contributed by atoms with E-state index >= 15 is 0 Å². The summed E-state index contributed by atoms with van der Waals surface area (Å²) in [6, 6.07) is 0. The maximum absolute atomic E-state index is 12.8. The van der Waals surface area contributed by atoms with Crippen molar-refractivity contribution in [2.75, 3.05) is 54.1 Å². The Morgan fingerprint density at radius 3 is 1.36 bits per heavy atom. The van der Waals surface area contributed by atoms with Gasteiger partial charge < -0.3 is 27.9 Å². The molecule has 0 aliphatic heterocycles. The Morgan fingerprint density at radius 2 is 0.906 bits per heavy atom. The maximum Gasteiger partial charge on any atom is 0.306 e. The van der Waals surface area contributed by atoms with Crippen LogP contribution in [-0.4, -0.2) is 70.7 Å². The number of likely N-dealkylation sites (N-methyl/N-ethyl adjacent to an activating group) is 1. The number of allylic oxidation sites excluding steroid dienone is 8. The number of phosphoric ester groups is 1. The molecule has 2 unspecified atom stereocenters. The van der Waals surface area contributed by atoms with Crippen LogP contribution in [0.1, 0.15) is 239 Å². The van der Waals surface area contributed by atoms with Gasteiger partial charge in [-0.2, -0.15) is 0 Å². The van der Waals surface area contributed by atoms with Gasteiger partial charge in [0.15, 0.2) is 0 Å². The standard InChI is InChI=1S/C55H104NO7P/c1-6-8-10-12-14-16-18-20-22-24-26-28-30-32-34-36-38-40-42-44-46-48-55(57)63-54(53-62-64(58,59)61-51-49-56(3,4)5)52-60-50-47-45-43-41-39-37-35-33-31-29-27-25-23-21-19-17-15-13-11-9-7-2/h8,10,14,16,20,22,26,28,54H,6-7,9,11-13,15,17-19,21,23-25,27,29-53H2,1-5H3/b10-8-,16-14-,22-20-,28-26-. The van der Waals surface area contributed by atoms with Crippen molar-refractivity contribution in [3.8, 4) is 0 Å². The van der Waals surface area contributed by atoms with Crippen LogP contribution in [0, 0.1) is 0 Å². The van der Waals surface area contributed by atoms with E-state index in [4.69, 9.17) is 18.5 Å². The molecule has 0 spiro atoms. The first-order valence-electron chi connectivity index (χ1n) is 26.9. The third-order valence-electron chi connectivity index (χ3n) is 11.6. The smallest absolute Gasteiger partial charge is 0.306 e. The molecule has 0 saturated heterocycles. The van der Waals surface area contributed by atoms with E-state index in [0.29, 0.717) is 24.1 Å². The minimum absolute atomic E-state index is 0.0245. The second-order valence-corrected chi connectivity index (χ2v) is 20.6. The Bertz CT molecular complexity index is 1160. The largest absolute Gasteiger partial charge is 0.756 e. The fraction of sp³-hybridized carbons (Fsp3) is 0.836. The number of hydrogen-bond acceptors (Lipinski definition) is 7. The summed E-state index contributed by atoms with van der Waals surface area (Å²) in [6.45, 7) is 5.33. The summed E-state index contributed by atoms with van der Waals surface area (Å²) in [5.74, 6) is -0.339. The zero-order valence-corrected chi connectivity index (χ0v) is 43.6. The molecular weight excluding hydrogens is 818 g/mol. The third kappa shape index (κ3) is 51.4. The number of carbonyl (C=O) groups is 1. The van der Waals surface area contributed by atoms with Crippen LogP contribution in [0.4, 0.5) is 0 Å². The summed E-state index contributed by atoms with van der Waals surface area (Å²) >= 11 is 0. The molecule has 0 rings (SSSR count). The van der Waals surface area contributed by atoms with Crippen LogP contribution in [0.15, 0.2) is 48.6 Å². The topological polar surface area (TPSA) is 94.1 Å². The molecule has 376 valence electrons. The van der Waals surface area contributed by atoms with Gasteiger partial charge in [-0.25, -0.2) is 0 Å². The lowest BCUT2D eigenvalue weighted by Gasteiger charge is -2.28. The minimum atomic E-state index is -4.53. The predicted octanol–water partition coefficient (Wildman–Crippen LogP) is 16.0. The second kappa shape index (κ2) is 47.9. The van der Waals surface area contributed by atoms with E-state index in [1.807, 2.05) is 21.1 Å². The first kappa shape index (κ1) is 62.5. The van der Waals surface area contributed by atoms with Crippen molar-refractivity contribution in [3.05, 3.63) is 48.6 Å². The van der Waals surface area contributed by atoms with Gasteiger partial charge >= 0.3 is 5.97 Å². The first-order valence-corrected chi connectivity index (χ1v) is 28.3. The van der Waals surface area contributed by atoms with Gasteiger partial charge in [-0.1, -0.05) is 229 Å². The van der Waals surface area contributed by atoms with Gasteiger partial charge in [0.25, 0.3) is 7.82 Å². The molecule has 0 saturated carbocycles. The van der Waals surface area contributed by atoms with Crippen LogP contribution in [0.5, 0.6) is 0 Å². The number of esters is 1. The summed E-state index contributed by atoms with van der Waals surface area (Å²) in [7, 11) is 1.36. The van der Waals surface area contributed by atoms with Crippen LogP contribution in [-0.2, 0) is 27.9 Å². The molecule has 0 N–H and O–H groups in total. The highest BCUT2D eigenvalue weighted by Crippen LogP contribution is 2.38. The van der Waals surface area contributed by atoms with E-state index in [-0.39, 0.29) is 25.8 Å². The van der Waals surface area contributed by atoms with Crippen molar-refractivity contribution in [2.24, 2.45) is 0 Å². The molecule has 8 nitrogen and oxygen atoms in total. The number of quaternary nitrogens is 1. The zero-order valence-electron chi connectivity index (χ0n) is 42.7. The molecule has 0 radical (unpaired) electrons. The van der Waals surface area contributed by atoms with Crippen LogP contribution in [0.2, 0.25) is 0 Å². The summed E-state index contributed by atoms with van der Waals surface area (Å²) in [5.41, 5.74) is 0. The average molecular weight is 922 g/mol. The molecule has 2 atom stereocenters. The van der Waals surface area contributed by atoms with Gasteiger partial charge in [-0.3, -0.25) is 9.36 Å². The number of hydrogen-bond donors (Lipinski definition) is 0. The van der Waals surface area contributed by atoms with E-state index in [1.165, 1.54) is 154 Å². The molecule has 0 heterocycles. The van der Waals surface area contributed by atoms with Gasteiger partial charge in [0, 0.05) is 13.0 Å². The van der Waals surface area contributed by atoms with Crippen LogP contribution in [0.3, 0.4) is 0 Å². The van der Waals surface area contributed by atoms with Crippen molar-refractivity contribution in [1.82, 2.24) is 0 Å². The van der Waals surface area contributed by atoms with E-state index in [0.717, 1.165) is 64.2 Å². The molecular formula is C55H104NO7P. The zero-order chi connectivity index (χ0) is 46.9. The van der Waals surface area contributed by atoms with Crippen molar-refractivity contribution < 1.29 is 37.3 Å². The highest BCUT2D eigenvalue weighted by atomic mass is 31.2. The van der Waals surface area contributed by atoms with Gasteiger partial charge in [0.2, 0.25) is 0 Å². The number of unbranched alkanes of at least 4 members (excludes halogenated alkanes) is 28. The molecule has 9 heteroatoms. The Morgan fingerprint density at radius 1 is 0.500 bits per heavy atom. The molecule has 0 aromatic heterocycles. The minimum Gasteiger partial charge on any atom is -0.756 e. The normalized spacial score (nSPS) is 13.9. The fourth-order valence-corrected chi connectivity index (χ4v) is 8.27. The van der Waals surface area contributed by atoms with E-state index in [1.54, 1.807) is 0 Å². The highest BCUT2D eigenvalue weighted by Gasteiger charge is 2.20. The molecule has 0 bridgehead atoms. The van der Waals surface area contributed by atoms with Crippen molar-refractivity contribution >= 4 is 13.8 Å². The van der Waals surface area contributed by atoms with Crippen LogP contribution >= 0.6 is 7.82 Å². The Balaban J connectivity index is 4.11. The third-order valence-corrected chi connectivity index (χ3v) is 12.6. The Labute approximate surface area is 397 Å². The average Bonchev–Trinajstić information content (AvgIpc) is 3.25. The van der Waals surface area contributed by atoms with Gasteiger partial charge in [0.1, 0.15) is 19.3 Å². The molecule has 0 aliphatic rings. The first-order chi connectivity index (χ1) is 31.1. The monoisotopic (exact) mass is 922 g/mol. The van der Waals surface area contributed by atoms with Gasteiger partial charge in [-0.05, 0) is 51.4 Å². The molecule has 0 amide bonds. The molecule has 0 aliphatic carbocycles. The van der Waals surface area contributed by atoms with Gasteiger partial charge in [-0.15, -0.1) is 0 Å². The number of phosphoric acid groups is 1. The molecule has 0 fully saturated rings. The summed E-state index contributed by atoms with van der Waals surface area (Å²) in [6.07, 6.45) is 60.0. The summed E-state index contributed by atoms with van der Waals surface area (Å²) in [5, 5.41) is 0. The second-order valence-electron chi connectivity index (χ2n) is 19.2. The molecule has 64 heavy (non-hydrogen) atoms. The summed E-state index contributed by atoms with van der Waals surface area (Å²) in [4.78, 5) is 25.2. The maximum atomic E-state index is 12.8. The van der Waals surface area contributed by atoms with Gasteiger partial charge in [0.05, 0.1) is 34.4 Å². The molecule has 0 aromatic carbocycles. The highest BCUT2D eigenvalue weighted by molar-refractivity contribution is 7.45.